The normalized spacial score (nSPS) is 19.0. The second kappa shape index (κ2) is 10.6. The van der Waals surface area contributed by atoms with Gasteiger partial charge in [0.05, 0.1) is 0 Å². The molecule has 2 saturated heterocycles. The molecular formula is C25H36N6. The van der Waals surface area contributed by atoms with Crippen LogP contribution in [-0.2, 0) is 13.1 Å². The summed E-state index contributed by atoms with van der Waals surface area (Å²) in [6.07, 6.45) is 0. The standard InChI is InChI=1S/C25H36N6/c1-26-25(31-18-16-30(17-19-31)24-6-4-3-5-7-24)27-20-22-8-10-23(11-9-22)21-29-14-12-28(2)13-15-29/h3-11H,12-21H2,1-2H3,(H,26,27). The molecule has 2 heterocycles. The van der Waals surface area contributed by atoms with Gasteiger partial charge in [0.1, 0.15) is 0 Å². The van der Waals surface area contributed by atoms with Crippen LogP contribution in [0.2, 0.25) is 0 Å². The highest BCUT2D eigenvalue weighted by Crippen LogP contribution is 2.16. The molecule has 0 amide bonds. The topological polar surface area (TPSA) is 37.4 Å². The summed E-state index contributed by atoms with van der Waals surface area (Å²) < 4.78 is 0. The van der Waals surface area contributed by atoms with Crippen LogP contribution in [0.5, 0.6) is 0 Å². The molecule has 2 aliphatic rings. The minimum atomic E-state index is 0.806. The van der Waals surface area contributed by atoms with E-state index in [0.29, 0.717) is 0 Å². The van der Waals surface area contributed by atoms with Gasteiger partial charge < -0.3 is 20.0 Å². The fraction of sp³-hybridized carbons (Fsp3) is 0.480. The lowest BCUT2D eigenvalue weighted by molar-refractivity contribution is 0.148. The number of guanidine groups is 1. The van der Waals surface area contributed by atoms with Gasteiger partial charge in [0, 0.05) is 78.2 Å². The van der Waals surface area contributed by atoms with Gasteiger partial charge in [-0.2, -0.15) is 0 Å². The van der Waals surface area contributed by atoms with Gasteiger partial charge in [0.25, 0.3) is 0 Å². The summed E-state index contributed by atoms with van der Waals surface area (Å²) in [5, 5.41) is 3.56. The minimum absolute atomic E-state index is 0.806. The predicted molar refractivity (Wildman–Crippen MR) is 130 cm³/mol. The summed E-state index contributed by atoms with van der Waals surface area (Å²) in [7, 11) is 4.08. The van der Waals surface area contributed by atoms with Crippen LogP contribution in [0.3, 0.4) is 0 Å². The van der Waals surface area contributed by atoms with E-state index in [1.54, 1.807) is 0 Å². The van der Waals surface area contributed by atoms with Crippen LogP contribution in [-0.4, -0.2) is 87.1 Å². The third-order valence-electron chi connectivity index (χ3n) is 6.39. The maximum Gasteiger partial charge on any atom is 0.194 e. The van der Waals surface area contributed by atoms with E-state index in [2.05, 4.69) is 91.6 Å². The van der Waals surface area contributed by atoms with Crippen molar-refractivity contribution in [2.24, 2.45) is 4.99 Å². The highest BCUT2D eigenvalue weighted by Gasteiger charge is 2.19. The van der Waals surface area contributed by atoms with E-state index in [-0.39, 0.29) is 0 Å². The fourth-order valence-electron chi connectivity index (χ4n) is 4.36. The maximum atomic E-state index is 4.53. The lowest BCUT2D eigenvalue weighted by atomic mass is 10.1. The number of aliphatic imine (C=N–C) groups is 1. The molecule has 2 aromatic rings. The number of nitrogens with one attached hydrogen (secondary N) is 1. The molecule has 0 saturated carbocycles. The number of benzene rings is 2. The van der Waals surface area contributed by atoms with E-state index < -0.39 is 0 Å². The zero-order chi connectivity index (χ0) is 21.5. The van der Waals surface area contributed by atoms with Crippen molar-refractivity contribution in [3.05, 3.63) is 65.7 Å². The largest absolute Gasteiger partial charge is 0.368 e. The molecule has 2 fully saturated rings. The Balaban J connectivity index is 1.23. The maximum absolute atomic E-state index is 4.53. The zero-order valence-electron chi connectivity index (χ0n) is 19.0. The summed E-state index contributed by atoms with van der Waals surface area (Å²) in [5.74, 6) is 0.995. The second-order valence-corrected chi connectivity index (χ2v) is 8.61. The van der Waals surface area contributed by atoms with E-state index in [4.69, 9.17) is 0 Å². The summed E-state index contributed by atoms with van der Waals surface area (Å²) in [6.45, 7) is 10.5. The second-order valence-electron chi connectivity index (χ2n) is 8.61. The average molecular weight is 421 g/mol. The van der Waals surface area contributed by atoms with Crippen molar-refractivity contribution >= 4 is 11.6 Å². The molecule has 0 aromatic heterocycles. The molecule has 6 nitrogen and oxygen atoms in total. The van der Waals surface area contributed by atoms with Gasteiger partial charge >= 0.3 is 0 Å². The Morgan fingerprint density at radius 3 is 2.10 bits per heavy atom. The van der Waals surface area contributed by atoms with Crippen LogP contribution < -0.4 is 10.2 Å². The highest BCUT2D eigenvalue weighted by atomic mass is 15.3. The number of para-hydroxylation sites is 1. The van der Waals surface area contributed by atoms with Gasteiger partial charge in [-0.25, -0.2) is 0 Å². The van der Waals surface area contributed by atoms with Gasteiger partial charge in [0.2, 0.25) is 0 Å². The third-order valence-corrected chi connectivity index (χ3v) is 6.39. The number of hydrogen-bond acceptors (Lipinski definition) is 4. The van der Waals surface area contributed by atoms with E-state index >= 15 is 0 Å². The molecule has 0 radical (unpaired) electrons. The molecule has 1 N–H and O–H groups in total. The summed E-state index contributed by atoms with van der Waals surface area (Å²) in [5.41, 5.74) is 4.00. The van der Waals surface area contributed by atoms with Crippen LogP contribution in [0.4, 0.5) is 5.69 Å². The Kier molecular flexibility index (Phi) is 7.43. The Bertz CT molecular complexity index is 819. The lowest BCUT2D eigenvalue weighted by Crippen LogP contribution is -2.52. The van der Waals surface area contributed by atoms with E-state index in [9.17, 15) is 0 Å². The monoisotopic (exact) mass is 420 g/mol. The van der Waals surface area contributed by atoms with Crippen LogP contribution >= 0.6 is 0 Å². The van der Waals surface area contributed by atoms with Gasteiger partial charge in [-0.15, -0.1) is 0 Å². The zero-order valence-corrected chi connectivity index (χ0v) is 19.0. The summed E-state index contributed by atoms with van der Waals surface area (Å²) in [6, 6.07) is 19.7. The van der Waals surface area contributed by atoms with Crippen molar-refractivity contribution in [3.8, 4) is 0 Å². The molecule has 2 aromatic carbocycles. The lowest BCUT2D eigenvalue weighted by Gasteiger charge is -2.37. The Labute approximate surface area is 187 Å². The Morgan fingerprint density at radius 2 is 1.45 bits per heavy atom. The van der Waals surface area contributed by atoms with Gasteiger partial charge in [-0.3, -0.25) is 9.89 Å². The molecule has 31 heavy (non-hydrogen) atoms. The number of piperazine rings is 2. The number of anilines is 1. The van der Waals surface area contributed by atoms with Crippen molar-refractivity contribution < 1.29 is 0 Å². The first-order valence-electron chi connectivity index (χ1n) is 11.5. The molecular weight excluding hydrogens is 384 g/mol. The Hall–Kier alpha value is -2.57. The molecule has 6 heteroatoms. The predicted octanol–water partition coefficient (Wildman–Crippen LogP) is 2.33. The number of hydrogen-bond donors (Lipinski definition) is 1. The first-order chi connectivity index (χ1) is 15.2. The number of likely N-dealkylation sites (N-methyl/N-ethyl adjacent to an activating group) is 1. The van der Waals surface area contributed by atoms with Gasteiger partial charge in [0.15, 0.2) is 5.96 Å². The van der Waals surface area contributed by atoms with E-state index in [1.165, 1.54) is 29.9 Å². The van der Waals surface area contributed by atoms with E-state index in [0.717, 1.165) is 58.3 Å². The van der Waals surface area contributed by atoms with Crippen molar-refractivity contribution in [1.29, 1.82) is 0 Å². The van der Waals surface area contributed by atoms with Crippen LogP contribution in [0, 0.1) is 0 Å². The van der Waals surface area contributed by atoms with Crippen molar-refractivity contribution in [1.82, 2.24) is 20.0 Å². The van der Waals surface area contributed by atoms with Crippen molar-refractivity contribution in [2.45, 2.75) is 13.1 Å². The minimum Gasteiger partial charge on any atom is -0.368 e. The van der Waals surface area contributed by atoms with Crippen LogP contribution in [0.25, 0.3) is 0 Å². The van der Waals surface area contributed by atoms with Crippen molar-refractivity contribution in [2.75, 3.05) is 71.4 Å². The Morgan fingerprint density at radius 1 is 0.806 bits per heavy atom. The molecule has 2 aliphatic heterocycles. The quantitative estimate of drug-likeness (QED) is 0.594. The number of rotatable bonds is 5. The summed E-state index contributed by atoms with van der Waals surface area (Å²) >= 11 is 0. The van der Waals surface area contributed by atoms with Crippen molar-refractivity contribution in [3.63, 3.8) is 0 Å². The number of nitrogens with zero attached hydrogens (tertiary/aromatic N) is 5. The van der Waals surface area contributed by atoms with E-state index in [1.807, 2.05) is 7.05 Å². The SMILES string of the molecule is CN=C(NCc1ccc(CN2CCN(C)CC2)cc1)N1CCN(c2ccccc2)CC1. The van der Waals surface area contributed by atoms with Crippen LogP contribution in [0.1, 0.15) is 11.1 Å². The molecule has 0 aliphatic carbocycles. The highest BCUT2D eigenvalue weighted by molar-refractivity contribution is 5.80. The van der Waals surface area contributed by atoms with Gasteiger partial charge in [-0.1, -0.05) is 42.5 Å². The third kappa shape index (κ3) is 5.99. The molecule has 166 valence electrons. The smallest absolute Gasteiger partial charge is 0.194 e. The molecule has 0 unspecified atom stereocenters. The first kappa shape index (κ1) is 21.7. The summed E-state index contributed by atoms with van der Waals surface area (Å²) in [4.78, 5) is 14.3. The fourth-order valence-corrected chi connectivity index (χ4v) is 4.36. The first-order valence-corrected chi connectivity index (χ1v) is 11.5. The molecule has 0 atom stereocenters. The van der Waals surface area contributed by atoms with Crippen LogP contribution in [0.15, 0.2) is 59.6 Å². The molecule has 4 rings (SSSR count). The molecule has 0 spiro atoms. The molecule has 0 bridgehead atoms. The average Bonchev–Trinajstić information content (AvgIpc) is 2.83. The van der Waals surface area contributed by atoms with Gasteiger partial charge in [-0.05, 0) is 30.3 Å².